The molecule has 76 valence electrons. The number of benzene rings is 1. The number of thioether (sulfide) groups is 1. The maximum absolute atomic E-state index is 5.21. The average Bonchev–Trinajstić information content (AvgIpc) is 2.30. The van der Waals surface area contributed by atoms with Crippen molar-refractivity contribution in [3.8, 4) is 5.75 Å². The van der Waals surface area contributed by atoms with E-state index in [0.717, 1.165) is 18.8 Å². The van der Waals surface area contributed by atoms with Crippen molar-refractivity contribution in [1.82, 2.24) is 0 Å². The van der Waals surface area contributed by atoms with Crippen LogP contribution in [0.5, 0.6) is 5.75 Å². The molecule has 1 aliphatic heterocycles. The number of nitrogens with zero attached hydrogens (tertiary/aromatic N) is 1. The van der Waals surface area contributed by atoms with Gasteiger partial charge in [-0.3, -0.25) is 0 Å². The van der Waals surface area contributed by atoms with Crippen LogP contribution in [0.15, 0.2) is 24.3 Å². The highest BCUT2D eigenvalue weighted by Crippen LogP contribution is 2.23. The molecule has 2 nitrogen and oxygen atoms in total. The SMILES string of the molecule is COc1cccc(N2CCSCC2)c1. The van der Waals surface area contributed by atoms with Crippen molar-refractivity contribution < 1.29 is 4.74 Å². The second-order valence-corrected chi connectivity index (χ2v) is 4.53. The molecule has 1 fully saturated rings. The molecule has 14 heavy (non-hydrogen) atoms. The molecule has 1 aromatic rings. The van der Waals surface area contributed by atoms with Crippen LogP contribution < -0.4 is 9.64 Å². The topological polar surface area (TPSA) is 12.5 Å². The molecular weight excluding hydrogens is 194 g/mol. The monoisotopic (exact) mass is 209 g/mol. The Morgan fingerprint density at radius 3 is 2.79 bits per heavy atom. The van der Waals surface area contributed by atoms with Gasteiger partial charge in [-0.25, -0.2) is 0 Å². The van der Waals surface area contributed by atoms with Crippen molar-refractivity contribution >= 4 is 17.4 Å². The van der Waals surface area contributed by atoms with Gasteiger partial charge < -0.3 is 9.64 Å². The first-order valence-corrected chi connectivity index (χ1v) is 6.02. The van der Waals surface area contributed by atoms with Gasteiger partial charge in [-0.15, -0.1) is 0 Å². The van der Waals surface area contributed by atoms with Gasteiger partial charge in [0.15, 0.2) is 0 Å². The molecule has 0 N–H and O–H groups in total. The van der Waals surface area contributed by atoms with Crippen LogP contribution in [0, 0.1) is 0 Å². The average molecular weight is 209 g/mol. The molecule has 1 heterocycles. The second-order valence-electron chi connectivity index (χ2n) is 3.30. The molecule has 0 radical (unpaired) electrons. The van der Waals surface area contributed by atoms with E-state index in [2.05, 4.69) is 23.1 Å². The first kappa shape index (κ1) is 9.71. The smallest absolute Gasteiger partial charge is 0.120 e. The molecule has 1 aliphatic rings. The van der Waals surface area contributed by atoms with Crippen molar-refractivity contribution in [3.05, 3.63) is 24.3 Å². The lowest BCUT2D eigenvalue weighted by Crippen LogP contribution is -2.32. The molecule has 3 heteroatoms. The number of hydrogen-bond donors (Lipinski definition) is 0. The quantitative estimate of drug-likeness (QED) is 0.741. The lowest BCUT2D eigenvalue weighted by Gasteiger charge is -2.28. The van der Waals surface area contributed by atoms with Crippen LogP contribution in [-0.4, -0.2) is 31.7 Å². The summed E-state index contributed by atoms with van der Waals surface area (Å²) in [4.78, 5) is 2.42. The zero-order valence-electron chi connectivity index (χ0n) is 8.40. The predicted molar refractivity (Wildman–Crippen MR) is 62.5 cm³/mol. The predicted octanol–water partition coefficient (Wildman–Crippen LogP) is 2.25. The zero-order valence-corrected chi connectivity index (χ0v) is 9.22. The summed E-state index contributed by atoms with van der Waals surface area (Å²) >= 11 is 2.03. The second kappa shape index (κ2) is 4.60. The lowest BCUT2D eigenvalue weighted by molar-refractivity contribution is 0.415. The minimum Gasteiger partial charge on any atom is -0.497 e. The summed E-state index contributed by atoms with van der Waals surface area (Å²) in [6, 6.07) is 8.30. The van der Waals surface area contributed by atoms with Gasteiger partial charge in [0.05, 0.1) is 7.11 Å². The normalized spacial score (nSPS) is 16.8. The van der Waals surface area contributed by atoms with Crippen molar-refractivity contribution in [1.29, 1.82) is 0 Å². The Kier molecular flexibility index (Phi) is 3.19. The lowest BCUT2D eigenvalue weighted by atomic mass is 10.2. The van der Waals surface area contributed by atoms with Crippen LogP contribution >= 0.6 is 11.8 Å². The summed E-state index contributed by atoms with van der Waals surface area (Å²) in [5, 5.41) is 0. The van der Waals surface area contributed by atoms with Crippen LogP contribution in [0.1, 0.15) is 0 Å². The molecule has 0 aliphatic carbocycles. The van der Waals surface area contributed by atoms with Gasteiger partial charge >= 0.3 is 0 Å². The molecule has 0 saturated carbocycles. The zero-order chi connectivity index (χ0) is 9.80. The van der Waals surface area contributed by atoms with E-state index in [0.29, 0.717) is 0 Å². The van der Waals surface area contributed by atoms with Crippen molar-refractivity contribution in [2.24, 2.45) is 0 Å². The van der Waals surface area contributed by atoms with Crippen LogP contribution in [-0.2, 0) is 0 Å². The van der Waals surface area contributed by atoms with Crippen molar-refractivity contribution in [3.63, 3.8) is 0 Å². The van der Waals surface area contributed by atoms with Crippen LogP contribution in [0.3, 0.4) is 0 Å². The van der Waals surface area contributed by atoms with E-state index in [4.69, 9.17) is 4.74 Å². The molecule has 0 spiro atoms. The minimum atomic E-state index is 0.945. The third-order valence-corrected chi connectivity index (χ3v) is 3.37. The van der Waals surface area contributed by atoms with Crippen LogP contribution in [0.2, 0.25) is 0 Å². The molecule has 2 rings (SSSR count). The molecule has 0 amide bonds. The summed E-state index contributed by atoms with van der Waals surface area (Å²) in [5.74, 6) is 3.41. The van der Waals surface area contributed by atoms with Crippen LogP contribution in [0.25, 0.3) is 0 Å². The summed E-state index contributed by atoms with van der Waals surface area (Å²) in [6.07, 6.45) is 0. The third kappa shape index (κ3) is 2.15. The molecular formula is C11H15NOS. The van der Waals surface area contributed by atoms with Crippen LogP contribution in [0.4, 0.5) is 5.69 Å². The Balaban J connectivity index is 2.13. The highest BCUT2D eigenvalue weighted by atomic mass is 32.2. The minimum absolute atomic E-state index is 0.945. The van der Waals surface area contributed by atoms with Gasteiger partial charge in [-0.05, 0) is 12.1 Å². The van der Waals surface area contributed by atoms with E-state index >= 15 is 0 Å². The number of anilines is 1. The Morgan fingerprint density at radius 2 is 2.07 bits per heavy atom. The fraction of sp³-hybridized carbons (Fsp3) is 0.455. The molecule has 1 aromatic carbocycles. The fourth-order valence-electron chi connectivity index (χ4n) is 1.63. The van der Waals surface area contributed by atoms with E-state index in [9.17, 15) is 0 Å². The highest BCUT2D eigenvalue weighted by molar-refractivity contribution is 7.99. The molecule has 0 bridgehead atoms. The summed E-state index contributed by atoms with van der Waals surface area (Å²) in [7, 11) is 1.71. The van der Waals surface area contributed by atoms with Gasteiger partial charge in [-0.2, -0.15) is 11.8 Å². The molecule has 0 atom stereocenters. The van der Waals surface area contributed by atoms with Gasteiger partial charge in [0.2, 0.25) is 0 Å². The standard InChI is InChI=1S/C11H15NOS/c1-13-11-4-2-3-10(9-11)12-5-7-14-8-6-12/h2-4,9H,5-8H2,1H3. The summed E-state index contributed by atoms with van der Waals surface area (Å²) in [5.41, 5.74) is 1.28. The third-order valence-electron chi connectivity index (χ3n) is 2.43. The Morgan fingerprint density at radius 1 is 1.29 bits per heavy atom. The largest absolute Gasteiger partial charge is 0.497 e. The van der Waals surface area contributed by atoms with Gasteiger partial charge in [0.1, 0.15) is 5.75 Å². The fourth-order valence-corrected chi connectivity index (χ4v) is 2.53. The molecule has 0 aromatic heterocycles. The molecule has 0 unspecified atom stereocenters. The Bertz CT molecular complexity index is 297. The maximum atomic E-state index is 5.21. The highest BCUT2D eigenvalue weighted by Gasteiger charge is 2.10. The van der Waals surface area contributed by atoms with Gasteiger partial charge in [0.25, 0.3) is 0 Å². The Hall–Kier alpha value is -0.830. The van der Waals surface area contributed by atoms with Gasteiger partial charge in [0, 0.05) is 36.3 Å². The van der Waals surface area contributed by atoms with E-state index in [1.54, 1.807) is 7.11 Å². The Labute approximate surface area is 89.2 Å². The maximum Gasteiger partial charge on any atom is 0.120 e. The van der Waals surface area contributed by atoms with E-state index in [-0.39, 0.29) is 0 Å². The molecule has 1 saturated heterocycles. The number of ether oxygens (including phenoxy) is 1. The number of hydrogen-bond acceptors (Lipinski definition) is 3. The van der Waals surface area contributed by atoms with E-state index in [1.165, 1.54) is 17.2 Å². The van der Waals surface area contributed by atoms with E-state index < -0.39 is 0 Å². The summed E-state index contributed by atoms with van der Waals surface area (Å²) in [6.45, 7) is 2.30. The first-order chi connectivity index (χ1) is 6.90. The van der Waals surface area contributed by atoms with Crippen molar-refractivity contribution in [2.75, 3.05) is 36.6 Å². The van der Waals surface area contributed by atoms with Gasteiger partial charge in [-0.1, -0.05) is 6.07 Å². The summed E-state index contributed by atoms with van der Waals surface area (Å²) < 4.78 is 5.21. The van der Waals surface area contributed by atoms with Crippen molar-refractivity contribution in [2.45, 2.75) is 0 Å². The first-order valence-electron chi connectivity index (χ1n) is 4.87. The van der Waals surface area contributed by atoms with E-state index in [1.807, 2.05) is 17.8 Å². The number of rotatable bonds is 2. The number of methoxy groups -OCH3 is 1.